The maximum Gasteiger partial charge on any atom is 0.340 e. The largest absolute Gasteiger partial charge is 0.465 e. The van der Waals surface area contributed by atoms with Crippen molar-refractivity contribution in [1.29, 1.82) is 0 Å². The SMILES string of the molecule is COC(=O)c1c(C)n2c3ccccc3c(=O)n2c2ccccc12. The van der Waals surface area contributed by atoms with E-state index in [1.165, 1.54) is 7.11 Å². The molecule has 0 bridgehead atoms. The number of hydrogen-bond donors (Lipinski definition) is 0. The molecule has 0 N–H and O–H groups in total. The van der Waals surface area contributed by atoms with Gasteiger partial charge in [0.1, 0.15) is 0 Å². The third kappa shape index (κ3) is 1.67. The van der Waals surface area contributed by atoms with Gasteiger partial charge in [-0.25, -0.2) is 13.8 Å². The number of fused-ring (bicyclic) bond motifs is 5. The highest BCUT2D eigenvalue weighted by Gasteiger charge is 2.21. The van der Waals surface area contributed by atoms with Crippen LogP contribution in [0.1, 0.15) is 16.1 Å². The molecule has 0 atom stereocenters. The van der Waals surface area contributed by atoms with Crippen molar-refractivity contribution in [2.24, 2.45) is 0 Å². The van der Waals surface area contributed by atoms with Gasteiger partial charge in [-0.3, -0.25) is 4.79 Å². The zero-order valence-corrected chi connectivity index (χ0v) is 12.7. The van der Waals surface area contributed by atoms with Crippen molar-refractivity contribution < 1.29 is 9.53 Å². The number of carbonyl (C=O) groups is 1. The molecule has 0 aliphatic rings. The molecule has 0 saturated carbocycles. The molecule has 2 heterocycles. The van der Waals surface area contributed by atoms with Crippen LogP contribution in [0, 0.1) is 6.92 Å². The minimum atomic E-state index is -0.411. The Kier molecular flexibility index (Phi) is 2.78. The van der Waals surface area contributed by atoms with E-state index in [0.717, 1.165) is 5.52 Å². The highest BCUT2D eigenvalue weighted by atomic mass is 16.5. The van der Waals surface area contributed by atoms with Crippen LogP contribution < -0.4 is 5.56 Å². The van der Waals surface area contributed by atoms with Crippen molar-refractivity contribution in [2.75, 3.05) is 7.11 Å². The molecule has 114 valence electrons. The molecule has 0 radical (unpaired) electrons. The van der Waals surface area contributed by atoms with Gasteiger partial charge in [0.05, 0.1) is 34.8 Å². The lowest BCUT2D eigenvalue weighted by Gasteiger charge is -2.13. The zero-order chi connectivity index (χ0) is 16.1. The number of benzene rings is 2. The molecule has 0 saturated heterocycles. The number of esters is 1. The minimum absolute atomic E-state index is 0.101. The molecule has 2 aromatic heterocycles. The van der Waals surface area contributed by atoms with Gasteiger partial charge in [0.15, 0.2) is 0 Å². The first-order valence-electron chi connectivity index (χ1n) is 7.27. The molecule has 0 fully saturated rings. The van der Waals surface area contributed by atoms with Gasteiger partial charge in [-0.1, -0.05) is 30.3 Å². The highest BCUT2D eigenvalue weighted by Crippen LogP contribution is 2.24. The zero-order valence-electron chi connectivity index (χ0n) is 12.7. The lowest BCUT2D eigenvalue weighted by molar-refractivity contribution is 0.0601. The number of methoxy groups -OCH3 is 1. The van der Waals surface area contributed by atoms with Gasteiger partial charge >= 0.3 is 5.97 Å². The van der Waals surface area contributed by atoms with Crippen molar-refractivity contribution >= 4 is 27.8 Å². The van der Waals surface area contributed by atoms with Crippen molar-refractivity contribution in [2.45, 2.75) is 6.92 Å². The smallest absolute Gasteiger partial charge is 0.340 e. The number of ether oxygens (including phenoxy) is 1. The summed E-state index contributed by atoms with van der Waals surface area (Å²) >= 11 is 0. The number of hydrogen-bond acceptors (Lipinski definition) is 3. The van der Waals surface area contributed by atoms with Gasteiger partial charge in [0, 0.05) is 5.39 Å². The Balaban J connectivity index is 2.41. The van der Waals surface area contributed by atoms with E-state index in [9.17, 15) is 9.59 Å². The second kappa shape index (κ2) is 4.71. The van der Waals surface area contributed by atoms with Crippen molar-refractivity contribution in [3.63, 3.8) is 0 Å². The van der Waals surface area contributed by atoms with Crippen LogP contribution in [0.15, 0.2) is 53.3 Å². The van der Waals surface area contributed by atoms with Crippen LogP contribution in [0.25, 0.3) is 21.8 Å². The van der Waals surface area contributed by atoms with E-state index in [1.807, 2.05) is 49.4 Å². The van der Waals surface area contributed by atoms with Gasteiger partial charge in [0.25, 0.3) is 5.56 Å². The molecule has 0 aliphatic carbocycles. The topological polar surface area (TPSA) is 52.2 Å². The fourth-order valence-electron chi connectivity index (χ4n) is 3.23. The molecule has 23 heavy (non-hydrogen) atoms. The Bertz CT molecular complexity index is 1150. The van der Waals surface area contributed by atoms with Crippen LogP contribution in [0.5, 0.6) is 0 Å². The van der Waals surface area contributed by atoms with Gasteiger partial charge in [-0.05, 0) is 25.1 Å². The Morgan fingerprint density at radius 3 is 2.13 bits per heavy atom. The monoisotopic (exact) mass is 306 g/mol. The van der Waals surface area contributed by atoms with E-state index < -0.39 is 5.97 Å². The van der Waals surface area contributed by atoms with E-state index in [0.29, 0.717) is 27.5 Å². The molecule has 4 aromatic rings. The molecule has 0 amide bonds. The summed E-state index contributed by atoms with van der Waals surface area (Å²) in [5.41, 5.74) is 2.50. The summed E-state index contributed by atoms with van der Waals surface area (Å²) in [5.74, 6) is -0.411. The average molecular weight is 306 g/mol. The summed E-state index contributed by atoms with van der Waals surface area (Å²) in [5, 5.41) is 1.32. The predicted molar refractivity (Wildman–Crippen MR) is 88.2 cm³/mol. The standard InChI is InChI=1S/C18H14N2O3/c1-11-16(18(22)23-2)12-7-3-5-9-14(12)20-17(21)13-8-4-6-10-15(13)19(11)20/h3-10H,1-2H3. The highest BCUT2D eigenvalue weighted by molar-refractivity contribution is 6.04. The maximum absolute atomic E-state index is 12.8. The molecular weight excluding hydrogens is 292 g/mol. The molecule has 5 heteroatoms. The van der Waals surface area contributed by atoms with Crippen LogP contribution >= 0.6 is 0 Å². The summed E-state index contributed by atoms with van der Waals surface area (Å²) in [7, 11) is 1.36. The van der Waals surface area contributed by atoms with Crippen molar-refractivity contribution in [1.82, 2.24) is 9.03 Å². The first kappa shape index (κ1) is 13.6. The van der Waals surface area contributed by atoms with E-state index >= 15 is 0 Å². The van der Waals surface area contributed by atoms with E-state index in [2.05, 4.69) is 0 Å². The Morgan fingerprint density at radius 1 is 0.913 bits per heavy atom. The summed E-state index contributed by atoms with van der Waals surface area (Å²) in [4.78, 5) is 25.1. The average Bonchev–Trinajstić information content (AvgIpc) is 2.89. The fraction of sp³-hybridized carbons (Fsp3) is 0.111. The van der Waals surface area contributed by atoms with Crippen LogP contribution in [-0.4, -0.2) is 22.1 Å². The summed E-state index contributed by atoms with van der Waals surface area (Å²) in [6.07, 6.45) is 0. The first-order valence-corrected chi connectivity index (χ1v) is 7.27. The van der Waals surface area contributed by atoms with E-state index in [-0.39, 0.29) is 5.56 Å². The van der Waals surface area contributed by atoms with Gasteiger partial charge in [0.2, 0.25) is 0 Å². The number of aryl methyl sites for hydroxylation is 1. The molecule has 0 spiro atoms. The summed E-state index contributed by atoms with van der Waals surface area (Å²) in [6, 6.07) is 14.7. The third-order valence-electron chi connectivity index (χ3n) is 4.23. The summed E-state index contributed by atoms with van der Waals surface area (Å²) in [6.45, 7) is 1.82. The van der Waals surface area contributed by atoms with Crippen LogP contribution in [-0.2, 0) is 4.74 Å². The van der Waals surface area contributed by atoms with E-state index in [4.69, 9.17) is 4.74 Å². The van der Waals surface area contributed by atoms with Crippen molar-refractivity contribution in [3.8, 4) is 0 Å². The Hall–Kier alpha value is -3.08. The molecule has 5 nitrogen and oxygen atoms in total. The second-order valence-electron chi connectivity index (χ2n) is 5.42. The van der Waals surface area contributed by atoms with Gasteiger partial charge < -0.3 is 4.74 Å². The number of para-hydroxylation sites is 2. The minimum Gasteiger partial charge on any atom is -0.465 e. The molecular formula is C18H14N2O3. The third-order valence-corrected chi connectivity index (χ3v) is 4.23. The number of nitrogens with zero attached hydrogens (tertiary/aromatic N) is 2. The Morgan fingerprint density at radius 2 is 1.48 bits per heavy atom. The molecule has 0 aliphatic heterocycles. The molecule has 4 rings (SSSR count). The first-order chi connectivity index (χ1) is 11.1. The predicted octanol–water partition coefficient (Wildman–Crippen LogP) is 2.80. The second-order valence-corrected chi connectivity index (χ2v) is 5.42. The van der Waals surface area contributed by atoms with E-state index in [1.54, 1.807) is 15.1 Å². The summed E-state index contributed by atoms with van der Waals surface area (Å²) < 4.78 is 8.35. The quantitative estimate of drug-likeness (QED) is 0.508. The number of rotatable bonds is 1. The fourth-order valence-corrected chi connectivity index (χ4v) is 3.23. The van der Waals surface area contributed by atoms with Gasteiger partial charge in [-0.15, -0.1) is 0 Å². The Labute approximate surface area is 131 Å². The van der Waals surface area contributed by atoms with Crippen LogP contribution in [0.2, 0.25) is 0 Å². The number of aromatic nitrogens is 2. The maximum atomic E-state index is 12.8. The van der Waals surface area contributed by atoms with Crippen LogP contribution in [0.3, 0.4) is 0 Å². The normalized spacial score (nSPS) is 11.4. The van der Waals surface area contributed by atoms with Gasteiger partial charge in [-0.2, -0.15) is 0 Å². The lowest BCUT2D eigenvalue weighted by Crippen LogP contribution is -2.18. The molecule has 0 unspecified atom stereocenters. The van der Waals surface area contributed by atoms with Crippen LogP contribution in [0.4, 0.5) is 0 Å². The number of carbonyl (C=O) groups excluding carboxylic acids is 1. The molecule has 2 aromatic carbocycles. The van der Waals surface area contributed by atoms with Crippen molar-refractivity contribution in [3.05, 3.63) is 70.1 Å². The lowest BCUT2D eigenvalue weighted by atomic mass is 10.1.